The Morgan fingerprint density at radius 2 is 2.19 bits per heavy atom. The van der Waals surface area contributed by atoms with E-state index in [0.717, 1.165) is 26.2 Å². The molecule has 4 nitrogen and oxygen atoms in total. The second-order valence-corrected chi connectivity index (χ2v) is 4.09. The van der Waals surface area contributed by atoms with Crippen LogP contribution < -0.4 is 10.1 Å². The van der Waals surface area contributed by atoms with Crippen molar-refractivity contribution in [2.75, 3.05) is 33.3 Å². The number of methoxy groups -OCH3 is 1. The van der Waals surface area contributed by atoms with Crippen LogP contribution in [0.25, 0.3) is 0 Å². The van der Waals surface area contributed by atoms with Crippen LogP contribution in [-0.4, -0.2) is 43.2 Å². The first-order valence-electron chi connectivity index (χ1n) is 5.76. The topological polar surface area (TPSA) is 37.4 Å². The second kappa shape index (κ2) is 5.27. The molecule has 0 spiro atoms. The predicted octanol–water partition coefficient (Wildman–Crippen LogP) is 1.06. The van der Waals surface area contributed by atoms with E-state index < -0.39 is 0 Å². The zero-order valence-corrected chi connectivity index (χ0v) is 9.94. The van der Waals surface area contributed by atoms with E-state index in [1.165, 1.54) is 5.56 Å². The van der Waals surface area contributed by atoms with Crippen molar-refractivity contribution < 1.29 is 4.74 Å². The molecule has 88 valence electrons. The van der Waals surface area contributed by atoms with Crippen LogP contribution in [0.4, 0.5) is 0 Å². The molecule has 2 heterocycles. The van der Waals surface area contributed by atoms with E-state index in [1.807, 2.05) is 12.3 Å². The predicted molar refractivity (Wildman–Crippen MR) is 63.6 cm³/mol. The molecular formula is C12H19N3O. The van der Waals surface area contributed by atoms with Gasteiger partial charge in [0.1, 0.15) is 0 Å². The van der Waals surface area contributed by atoms with Gasteiger partial charge in [-0.2, -0.15) is 0 Å². The second-order valence-electron chi connectivity index (χ2n) is 4.09. The normalized spacial score (nSPS) is 19.4. The first-order valence-corrected chi connectivity index (χ1v) is 5.76. The molecule has 1 aromatic heterocycles. The van der Waals surface area contributed by atoms with Gasteiger partial charge in [0, 0.05) is 44.5 Å². The molecule has 0 bridgehead atoms. The molecule has 2 rings (SSSR count). The van der Waals surface area contributed by atoms with E-state index in [2.05, 4.69) is 28.2 Å². The number of hydrogen-bond acceptors (Lipinski definition) is 4. The molecular weight excluding hydrogens is 202 g/mol. The van der Waals surface area contributed by atoms with E-state index >= 15 is 0 Å². The summed E-state index contributed by atoms with van der Waals surface area (Å²) >= 11 is 0. The van der Waals surface area contributed by atoms with Gasteiger partial charge in [-0.15, -0.1) is 0 Å². The van der Waals surface area contributed by atoms with Gasteiger partial charge in [0.05, 0.1) is 7.11 Å². The average Bonchev–Trinajstić information content (AvgIpc) is 2.39. The van der Waals surface area contributed by atoms with Crippen molar-refractivity contribution in [3.63, 3.8) is 0 Å². The minimum Gasteiger partial charge on any atom is -0.481 e. The van der Waals surface area contributed by atoms with Gasteiger partial charge in [-0.25, -0.2) is 4.98 Å². The summed E-state index contributed by atoms with van der Waals surface area (Å²) in [6, 6.07) is 4.51. The van der Waals surface area contributed by atoms with Crippen LogP contribution in [0.3, 0.4) is 0 Å². The van der Waals surface area contributed by atoms with Crippen LogP contribution in [0.1, 0.15) is 18.5 Å². The van der Waals surface area contributed by atoms with Gasteiger partial charge in [0.15, 0.2) is 0 Å². The maximum Gasteiger partial charge on any atom is 0.213 e. The molecule has 1 aliphatic heterocycles. The monoisotopic (exact) mass is 221 g/mol. The highest BCUT2D eigenvalue weighted by Crippen LogP contribution is 2.22. The highest BCUT2D eigenvalue weighted by molar-refractivity contribution is 5.23. The van der Waals surface area contributed by atoms with Crippen molar-refractivity contribution >= 4 is 0 Å². The Balaban J connectivity index is 2.09. The molecule has 0 aliphatic carbocycles. The van der Waals surface area contributed by atoms with Gasteiger partial charge in [0.25, 0.3) is 0 Å². The van der Waals surface area contributed by atoms with Crippen LogP contribution >= 0.6 is 0 Å². The van der Waals surface area contributed by atoms with Gasteiger partial charge in [-0.1, -0.05) is 0 Å². The molecule has 1 fully saturated rings. The van der Waals surface area contributed by atoms with Crippen LogP contribution in [0.5, 0.6) is 5.88 Å². The Morgan fingerprint density at radius 1 is 1.44 bits per heavy atom. The Morgan fingerprint density at radius 3 is 2.88 bits per heavy atom. The van der Waals surface area contributed by atoms with Crippen LogP contribution in [0, 0.1) is 0 Å². The molecule has 1 N–H and O–H groups in total. The van der Waals surface area contributed by atoms with E-state index in [9.17, 15) is 0 Å². The maximum absolute atomic E-state index is 5.15. The van der Waals surface area contributed by atoms with Crippen molar-refractivity contribution in [1.29, 1.82) is 0 Å². The Kier molecular flexibility index (Phi) is 3.74. The fraction of sp³-hybridized carbons (Fsp3) is 0.583. The maximum atomic E-state index is 5.15. The van der Waals surface area contributed by atoms with Crippen LogP contribution in [-0.2, 0) is 0 Å². The SMILES string of the molecule is COc1cc(C(C)N2CCNCC2)ccn1. The summed E-state index contributed by atoms with van der Waals surface area (Å²) in [7, 11) is 1.65. The van der Waals surface area contributed by atoms with Crippen molar-refractivity contribution in [3.05, 3.63) is 23.9 Å². The third-order valence-electron chi connectivity index (χ3n) is 3.15. The summed E-state index contributed by atoms with van der Waals surface area (Å²) in [5, 5.41) is 3.36. The fourth-order valence-corrected chi connectivity index (χ4v) is 2.08. The van der Waals surface area contributed by atoms with Crippen molar-refractivity contribution in [1.82, 2.24) is 15.2 Å². The highest BCUT2D eigenvalue weighted by Gasteiger charge is 2.18. The Labute approximate surface area is 96.6 Å². The Hall–Kier alpha value is -1.13. The lowest BCUT2D eigenvalue weighted by Gasteiger charge is -2.33. The molecule has 1 aromatic rings. The lowest BCUT2D eigenvalue weighted by atomic mass is 10.1. The van der Waals surface area contributed by atoms with E-state index in [4.69, 9.17) is 4.74 Å². The van der Waals surface area contributed by atoms with Gasteiger partial charge < -0.3 is 10.1 Å². The molecule has 16 heavy (non-hydrogen) atoms. The van der Waals surface area contributed by atoms with Crippen molar-refractivity contribution in [3.8, 4) is 5.88 Å². The third-order valence-corrected chi connectivity index (χ3v) is 3.15. The molecule has 4 heteroatoms. The summed E-state index contributed by atoms with van der Waals surface area (Å²) in [5.41, 5.74) is 1.27. The standard InChI is InChI=1S/C12H19N3O/c1-10(15-7-5-13-6-8-15)11-3-4-14-12(9-11)16-2/h3-4,9-10,13H,5-8H2,1-2H3. The van der Waals surface area contributed by atoms with E-state index in [-0.39, 0.29) is 0 Å². The Bertz CT molecular complexity index is 337. The van der Waals surface area contributed by atoms with Crippen LogP contribution in [0.15, 0.2) is 18.3 Å². The van der Waals surface area contributed by atoms with E-state index in [0.29, 0.717) is 11.9 Å². The van der Waals surface area contributed by atoms with Gasteiger partial charge >= 0.3 is 0 Å². The third kappa shape index (κ3) is 2.51. The smallest absolute Gasteiger partial charge is 0.213 e. The molecule has 0 amide bonds. The molecule has 1 unspecified atom stereocenters. The summed E-state index contributed by atoms with van der Waals surface area (Å²) < 4.78 is 5.15. The molecule has 0 aromatic carbocycles. The number of nitrogens with one attached hydrogen (secondary N) is 1. The van der Waals surface area contributed by atoms with Crippen molar-refractivity contribution in [2.45, 2.75) is 13.0 Å². The minimum absolute atomic E-state index is 0.430. The lowest BCUT2D eigenvalue weighted by Crippen LogP contribution is -2.44. The quantitative estimate of drug-likeness (QED) is 0.828. The van der Waals surface area contributed by atoms with Crippen LogP contribution in [0.2, 0.25) is 0 Å². The van der Waals surface area contributed by atoms with Gasteiger partial charge in [-0.3, -0.25) is 4.90 Å². The summed E-state index contributed by atoms with van der Waals surface area (Å²) in [4.78, 5) is 6.61. The fourth-order valence-electron chi connectivity index (χ4n) is 2.08. The average molecular weight is 221 g/mol. The first-order chi connectivity index (χ1) is 7.81. The molecule has 0 saturated carbocycles. The number of pyridine rings is 1. The first kappa shape index (κ1) is 11.4. The summed E-state index contributed by atoms with van der Waals surface area (Å²) in [5.74, 6) is 0.694. The summed E-state index contributed by atoms with van der Waals surface area (Å²) in [6.45, 7) is 6.59. The highest BCUT2D eigenvalue weighted by atomic mass is 16.5. The van der Waals surface area contributed by atoms with Crippen molar-refractivity contribution in [2.24, 2.45) is 0 Å². The minimum atomic E-state index is 0.430. The number of aromatic nitrogens is 1. The van der Waals surface area contributed by atoms with Gasteiger partial charge in [-0.05, 0) is 18.6 Å². The zero-order valence-electron chi connectivity index (χ0n) is 9.94. The number of rotatable bonds is 3. The summed E-state index contributed by atoms with van der Waals surface area (Å²) in [6.07, 6.45) is 1.81. The number of ether oxygens (including phenoxy) is 1. The van der Waals surface area contributed by atoms with Gasteiger partial charge in [0.2, 0.25) is 5.88 Å². The van der Waals surface area contributed by atoms with E-state index in [1.54, 1.807) is 7.11 Å². The number of nitrogens with zero attached hydrogens (tertiary/aromatic N) is 2. The lowest BCUT2D eigenvalue weighted by molar-refractivity contribution is 0.185. The number of piperazine rings is 1. The zero-order chi connectivity index (χ0) is 11.4. The molecule has 0 radical (unpaired) electrons. The molecule has 1 saturated heterocycles. The largest absolute Gasteiger partial charge is 0.481 e. The number of hydrogen-bond donors (Lipinski definition) is 1. The molecule has 1 aliphatic rings. The molecule has 1 atom stereocenters.